The molecule has 2 rings (SSSR count). The molecule has 112 valence electrons. The number of hydrogen-bond acceptors (Lipinski definition) is 3. The molecule has 0 amide bonds. The lowest BCUT2D eigenvalue weighted by atomic mass is 10.1. The van der Waals surface area contributed by atoms with Crippen molar-refractivity contribution in [3.63, 3.8) is 0 Å². The monoisotopic (exact) mass is 308 g/mol. The molecular formula is C16H18F2N2S. The Kier molecular flexibility index (Phi) is 5.70. The Morgan fingerprint density at radius 1 is 1.19 bits per heavy atom. The molecule has 1 aromatic carbocycles. The minimum absolute atomic E-state index is 0.250. The summed E-state index contributed by atoms with van der Waals surface area (Å²) < 4.78 is 26.0. The third-order valence-corrected chi connectivity index (χ3v) is 4.01. The molecule has 0 bridgehead atoms. The highest BCUT2D eigenvalue weighted by Gasteiger charge is 2.07. The number of nitrogens with zero attached hydrogens (tertiary/aromatic N) is 1. The summed E-state index contributed by atoms with van der Waals surface area (Å²) in [5.41, 5.74) is 1.11. The Hall–Kier alpha value is -1.46. The van der Waals surface area contributed by atoms with Gasteiger partial charge in [0.2, 0.25) is 0 Å². The molecule has 1 heterocycles. The topological polar surface area (TPSA) is 24.9 Å². The molecule has 5 heteroatoms. The first kappa shape index (κ1) is 15.9. The Labute approximate surface area is 128 Å². The number of hydrogen-bond donors (Lipinski definition) is 1. The minimum atomic E-state index is -0.839. The lowest BCUT2D eigenvalue weighted by molar-refractivity contribution is 0.506. The number of aromatic nitrogens is 1. The summed E-state index contributed by atoms with van der Waals surface area (Å²) >= 11 is 1.31. The molecule has 1 aromatic heterocycles. The van der Waals surface area contributed by atoms with E-state index in [4.69, 9.17) is 0 Å². The zero-order valence-corrected chi connectivity index (χ0v) is 12.9. The molecule has 1 N–H and O–H groups in total. The number of pyridine rings is 1. The van der Waals surface area contributed by atoms with Crippen molar-refractivity contribution >= 4 is 11.8 Å². The van der Waals surface area contributed by atoms with Gasteiger partial charge in [0.05, 0.1) is 0 Å². The highest BCUT2D eigenvalue weighted by Crippen LogP contribution is 2.27. The van der Waals surface area contributed by atoms with Crippen LogP contribution >= 0.6 is 11.8 Å². The fourth-order valence-corrected chi connectivity index (χ4v) is 2.63. The van der Waals surface area contributed by atoms with E-state index in [2.05, 4.69) is 24.1 Å². The third-order valence-electron chi connectivity index (χ3n) is 3.07. The predicted molar refractivity (Wildman–Crippen MR) is 81.4 cm³/mol. The molecule has 0 saturated heterocycles. The number of benzene rings is 1. The minimum Gasteiger partial charge on any atom is -0.310 e. The summed E-state index contributed by atoms with van der Waals surface area (Å²) in [5.74, 6) is -1.67. The van der Waals surface area contributed by atoms with Crippen molar-refractivity contribution < 1.29 is 8.78 Å². The van der Waals surface area contributed by atoms with Gasteiger partial charge in [-0.15, -0.1) is 0 Å². The molecule has 0 radical (unpaired) electrons. The van der Waals surface area contributed by atoms with E-state index in [0.29, 0.717) is 4.90 Å². The van der Waals surface area contributed by atoms with Crippen LogP contribution in [-0.2, 0) is 0 Å². The molecule has 2 nitrogen and oxygen atoms in total. The Balaban J connectivity index is 2.03. The number of halogens is 2. The van der Waals surface area contributed by atoms with E-state index in [9.17, 15) is 8.78 Å². The van der Waals surface area contributed by atoms with Crippen LogP contribution in [0.25, 0.3) is 0 Å². The highest BCUT2D eigenvalue weighted by atomic mass is 32.2. The standard InChI is InChI=1S/C16H18F2N2S/c1-3-8-19-11(2)12-4-7-16(20-10-12)21-13-5-6-14(17)15(18)9-13/h4-7,9-11,19H,3,8H2,1-2H3. The Bertz CT molecular complexity index is 587. The molecule has 2 aromatic rings. The van der Waals surface area contributed by atoms with Crippen molar-refractivity contribution in [3.8, 4) is 0 Å². The van der Waals surface area contributed by atoms with Gasteiger partial charge in [-0.05, 0) is 49.7 Å². The van der Waals surface area contributed by atoms with Crippen LogP contribution in [0.1, 0.15) is 31.9 Å². The van der Waals surface area contributed by atoms with Crippen molar-refractivity contribution in [1.29, 1.82) is 0 Å². The van der Waals surface area contributed by atoms with Crippen LogP contribution in [0.4, 0.5) is 8.78 Å². The maximum Gasteiger partial charge on any atom is 0.159 e. The second-order valence-corrected chi connectivity index (χ2v) is 5.88. The fraction of sp³-hybridized carbons (Fsp3) is 0.312. The molecule has 1 atom stereocenters. The number of nitrogens with one attached hydrogen (secondary N) is 1. The van der Waals surface area contributed by atoms with Crippen molar-refractivity contribution in [3.05, 3.63) is 53.7 Å². The smallest absolute Gasteiger partial charge is 0.159 e. The van der Waals surface area contributed by atoms with Crippen LogP contribution < -0.4 is 5.32 Å². The van der Waals surface area contributed by atoms with E-state index < -0.39 is 11.6 Å². The second kappa shape index (κ2) is 7.52. The average molecular weight is 308 g/mol. The fourth-order valence-electron chi connectivity index (χ4n) is 1.85. The van der Waals surface area contributed by atoms with Gasteiger partial charge in [0.1, 0.15) is 5.03 Å². The van der Waals surface area contributed by atoms with Crippen LogP contribution in [-0.4, -0.2) is 11.5 Å². The predicted octanol–water partition coefficient (Wildman–Crippen LogP) is 4.57. The molecule has 0 aliphatic rings. The van der Waals surface area contributed by atoms with E-state index in [1.54, 1.807) is 6.07 Å². The van der Waals surface area contributed by atoms with Crippen molar-refractivity contribution in [1.82, 2.24) is 10.3 Å². The van der Waals surface area contributed by atoms with Gasteiger partial charge in [-0.25, -0.2) is 13.8 Å². The van der Waals surface area contributed by atoms with Crippen molar-refractivity contribution in [2.45, 2.75) is 36.2 Å². The molecular weight excluding hydrogens is 290 g/mol. The van der Waals surface area contributed by atoms with Gasteiger partial charge < -0.3 is 5.32 Å². The quantitative estimate of drug-likeness (QED) is 0.846. The second-order valence-electron chi connectivity index (χ2n) is 4.78. The maximum atomic E-state index is 13.2. The molecule has 0 saturated carbocycles. The van der Waals surface area contributed by atoms with E-state index in [1.165, 1.54) is 17.8 Å². The molecule has 0 fully saturated rings. The van der Waals surface area contributed by atoms with Gasteiger partial charge in [-0.3, -0.25) is 0 Å². The van der Waals surface area contributed by atoms with Crippen LogP contribution in [0.3, 0.4) is 0 Å². The lowest BCUT2D eigenvalue weighted by Gasteiger charge is -2.13. The van der Waals surface area contributed by atoms with Crippen LogP contribution in [0.5, 0.6) is 0 Å². The van der Waals surface area contributed by atoms with Gasteiger partial charge in [0.25, 0.3) is 0 Å². The average Bonchev–Trinajstić information content (AvgIpc) is 2.49. The van der Waals surface area contributed by atoms with E-state index in [0.717, 1.165) is 29.6 Å². The number of rotatable bonds is 6. The summed E-state index contributed by atoms with van der Waals surface area (Å²) in [5, 5.41) is 4.15. The summed E-state index contributed by atoms with van der Waals surface area (Å²) in [7, 11) is 0. The van der Waals surface area contributed by atoms with E-state index in [1.807, 2.05) is 18.3 Å². The maximum absolute atomic E-state index is 13.2. The molecule has 1 unspecified atom stereocenters. The summed E-state index contributed by atoms with van der Waals surface area (Å²) in [6, 6.07) is 8.00. The zero-order valence-electron chi connectivity index (χ0n) is 12.1. The SMILES string of the molecule is CCCNC(C)c1ccc(Sc2ccc(F)c(F)c2)nc1. The Morgan fingerprint density at radius 2 is 2.00 bits per heavy atom. The van der Waals surface area contributed by atoms with Gasteiger partial charge in [0.15, 0.2) is 11.6 Å². The molecule has 0 spiro atoms. The molecule has 0 aliphatic heterocycles. The third kappa shape index (κ3) is 4.51. The van der Waals surface area contributed by atoms with Crippen molar-refractivity contribution in [2.24, 2.45) is 0 Å². The van der Waals surface area contributed by atoms with E-state index >= 15 is 0 Å². The first-order valence-corrected chi connectivity index (χ1v) is 7.74. The van der Waals surface area contributed by atoms with Gasteiger partial charge in [-0.2, -0.15) is 0 Å². The normalized spacial score (nSPS) is 12.4. The summed E-state index contributed by atoms with van der Waals surface area (Å²) in [6.45, 7) is 5.18. The van der Waals surface area contributed by atoms with Gasteiger partial charge in [-0.1, -0.05) is 24.8 Å². The first-order valence-electron chi connectivity index (χ1n) is 6.92. The van der Waals surface area contributed by atoms with Crippen LogP contribution in [0, 0.1) is 11.6 Å². The molecule has 21 heavy (non-hydrogen) atoms. The summed E-state index contributed by atoms with van der Waals surface area (Å²) in [4.78, 5) is 4.99. The Morgan fingerprint density at radius 3 is 2.62 bits per heavy atom. The molecule has 0 aliphatic carbocycles. The van der Waals surface area contributed by atoms with Crippen molar-refractivity contribution in [2.75, 3.05) is 6.54 Å². The van der Waals surface area contributed by atoms with Crippen LogP contribution in [0.15, 0.2) is 46.5 Å². The summed E-state index contributed by atoms with van der Waals surface area (Å²) in [6.07, 6.45) is 2.90. The van der Waals surface area contributed by atoms with E-state index in [-0.39, 0.29) is 6.04 Å². The zero-order chi connectivity index (χ0) is 15.2. The largest absolute Gasteiger partial charge is 0.310 e. The highest BCUT2D eigenvalue weighted by molar-refractivity contribution is 7.99. The van der Waals surface area contributed by atoms with Gasteiger partial charge in [0, 0.05) is 17.1 Å². The van der Waals surface area contributed by atoms with Crippen LogP contribution in [0.2, 0.25) is 0 Å². The lowest BCUT2D eigenvalue weighted by Crippen LogP contribution is -2.19. The first-order chi connectivity index (χ1) is 10.1. The van der Waals surface area contributed by atoms with Gasteiger partial charge >= 0.3 is 0 Å².